The summed E-state index contributed by atoms with van der Waals surface area (Å²) in [6, 6.07) is 7.73. The van der Waals surface area contributed by atoms with Crippen LogP contribution >= 0.6 is 23.2 Å². The maximum Gasteiger partial charge on any atom is 0.173 e. The summed E-state index contributed by atoms with van der Waals surface area (Å²) < 4.78 is 7.27. The van der Waals surface area contributed by atoms with Gasteiger partial charge in [-0.3, -0.25) is 10.4 Å². The van der Waals surface area contributed by atoms with Crippen LogP contribution in [0, 0.1) is 5.41 Å². The molecule has 2 N–H and O–H groups in total. The van der Waals surface area contributed by atoms with E-state index in [1.807, 2.05) is 24.3 Å². The molecular weight excluding hydrogens is 399 g/mol. The van der Waals surface area contributed by atoms with E-state index in [0.29, 0.717) is 39.1 Å². The van der Waals surface area contributed by atoms with Crippen molar-refractivity contribution in [3.63, 3.8) is 0 Å². The zero-order valence-corrected chi connectivity index (χ0v) is 15.8. The molecule has 0 amide bonds. The van der Waals surface area contributed by atoms with E-state index in [2.05, 4.69) is 15.0 Å². The zero-order chi connectivity index (χ0) is 19.3. The zero-order valence-electron chi connectivity index (χ0n) is 14.3. The van der Waals surface area contributed by atoms with Crippen molar-refractivity contribution in [1.29, 1.82) is 5.41 Å². The van der Waals surface area contributed by atoms with Gasteiger partial charge in [0, 0.05) is 28.9 Å². The van der Waals surface area contributed by atoms with Crippen molar-refractivity contribution in [3.8, 4) is 11.4 Å². The predicted octanol–water partition coefficient (Wildman–Crippen LogP) is 4.40. The number of nitrogens with zero attached hydrogens (tertiary/aromatic N) is 4. The molecule has 0 spiro atoms. The van der Waals surface area contributed by atoms with Crippen LogP contribution in [0.2, 0.25) is 10.0 Å². The first-order valence-corrected chi connectivity index (χ1v) is 9.11. The van der Waals surface area contributed by atoms with E-state index in [-0.39, 0.29) is 5.49 Å². The summed E-state index contributed by atoms with van der Waals surface area (Å²) in [5.74, 6) is 0.621. The molecule has 0 aliphatic rings. The predicted molar refractivity (Wildman–Crippen MR) is 106 cm³/mol. The number of hydrogen-bond donors (Lipinski definition) is 2. The van der Waals surface area contributed by atoms with Crippen molar-refractivity contribution in [2.45, 2.75) is 6.54 Å². The highest BCUT2D eigenvalue weighted by molar-refractivity contribution is 6.35. The number of hydrogen-bond acceptors (Lipinski definition) is 5. The Balaban J connectivity index is 1.65. The van der Waals surface area contributed by atoms with Gasteiger partial charge in [-0.1, -0.05) is 35.3 Å². The Morgan fingerprint density at radius 1 is 1.14 bits per heavy atom. The average molecular weight is 411 g/mol. The fourth-order valence-corrected chi connectivity index (χ4v) is 3.58. The molecule has 0 aliphatic carbocycles. The number of benzene rings is 1. The normalized spacial score (nSPS) is 11.5. The van der Waals surface area contributed by atoms with Gasteiger partial charge in [-0.25, -0.2) is 9.97 Å². The average Bonchev–Trinajstić information content (AvgIpc) is 3.33. The second-order valence-corrected chi connectivity index (χ2v) is 7.07. The number of fused-ring (bicyclic) bond motifs is 2. The molecule has 5 rings (SSSR count). The van der Waals surface area contributed by atoms with Crippen molar-refractivity contribution in [2.75, 3.05) is 0 Å². The number of aromatic nitrogens is 5. The standard InChI is InChI=1S/C19H12Cl2N6O/c20-13-6-23-7-14(21)12(13)8-27-9-24-17(22)16-19(27)26-18(25-16)11-2-1-10-3-4-28-15(10)5-11/h1-7,9,22H,8H2,(H,25,26). The Morgan fingerprint density at radius 3 is 2.79 bits per heavy atom. The van der Waals surface area contributed by atoms with Crippen molar-refractivity contribution >= 4 is 45.3 Å². The lowest BCUT2D eigenvalue weighted by Gasteiger charge is -2.09. The molecule has 138 valence electrons. The van der Waals surface area contributed by atoms with Gasteiger partial charge in [-0.05, 0) is 12.1 Å². The SMILES string of the molecule is N=c1ncn(Cc2c(Cl)cncc2Cl)c2nc(-c3ccc4ccoc4c3)[nH]c12. The minimum absolute atomic E-state index is 0.107. The van der Waals surface area contributed by atoms with Crippen molar-refractivity contribution in [2.24, 2.45) is 0 Å². The van der Waals surface area contributed by atoms with Gasteiger partial charge in [0.1, 0.15) is 16.9 Å². The molecular formula is C19H12Cl2N6O. The first-order valence-electron chi connectivity index (χ1n) is 8.35. The van der Waals surface area contributed by atoms with Gasteiger partial charge in [0.25, 0.3) is 0 Å². The molecule has 0 atom stereocenters. The van der Waals surface area contributed by atoms with Crippen LogP contribution in [0.4, 0.5) is 0 Å². The van der Waals surface area contributed by atoms with E-state index in [4.69, 9.17) is 38.0 Å². The molecule has 0 unspecified atom stereocenters. The minimum atomic E-state index is 0.107. The van der Waals surface area contributed by atoms with Gasteiger partial charge >= 0.3 is 0 Å². The molecule has 0 saturated carbocycles. The topological polar surface area (TPSA) is 96.4 Å². The molecule has 4 aromatic heterocycles. The van der Waals surface area contributed by atoms with Crippen LogP contribution in [0.15, 0.2) is 53.7 Å². The number of nitrogens with one attached hydrogen (secondary N) is 2. The molecule has 0 saturated heterocycles. The van der Waals surface area contributed by atoms with Crippen LogP contribution in [-0.4, -0.2) is 24.5 Å². The monoisotopic (exact) mass is 410 g/mol. The van der Waals surface area contributed by atoms with Crippen molar-refractivity contribution in [3.05, 3.63) is 70.3 Å². The Morgan fingerprint density at radius 2 is 1.96 bits per heavy atom. The number of H-pyrrole nitrogens is 1. The van der Waals surface area contributed by atoms with Gasteiger partial charge in [0.05, 0.1) is 29.2 Å². The Labute approximate surface area is 168 Å². The lowest BCUT2D eigenvalue weighted by molar-refractivity contribution is 0.616. The molecule has 0 bridgehead atoms. The van der Waals surface area contributed by atoms with Crippen molar-refractivity contribution in [1.82, 2.24) is 24.5 Å². The third-order valence-electron chi connectivity index (χ3n) is 4.53. The number of furan rings is 1. The summed E-state index contributed by atoms with van der Waals surface area (Å²) >= 11 is 12.5. The highest BCUT2D eigenvalue weighted by Gasteiger charge is 2.14. The van der Waals surface area contributed by atoms with Crippen molar-refractivity contribution < 1.29 is 4.42 Å². The van der Waals surface area contributed by atoms with Crippen LogP contribution in [0.3, 0.4) is 0 Å². The third-order valence-corrected chi connectivity index (χ3v) is 5.18. The fourth-order valence-electron chi connectivity index (χ4n) is 3.10. The Kier molecular flexibility index (Phi) is 3.92. The largest absolute Gasteiger partial charge is 0.464 e. The second-order valence-electron chi connectivity index (χ2n) is 6.26. The Hall–Kier alpha value is -3.16. The van der Waals surface area contributed by atoms with E-state index in [9.17, 15) is 0 Å². The Bertz CT molecular complexity index is 1380. The van der Waals surface area contributed by atoms with E-state index in [0.717, 1.165) is 16.5 Å². The maximum atomic E-state index is 8.13. The number of pyridine rings is 1. The van der Waals surface area contributed by atoms with Crippen LogP contribution in [0.5, 0.6) is 0 Å². The molecule has 7 nitrogen and oxygen atoms in total. The fraction of sp³-hybridized carbons (Fsp3) is 0.0526. The van der Waals surface area contributed by atoms with E-state index >= 15 is 0 Å². The number of imidazole rings is 1. The quantitative estimate of drug-likeness (QED) is 0.460. The van der Waals surface area contributed by atoms with E-state index in [1.165, 1.54) is 0 Å². The van der Waals surface area contributed by atoms with Crippen LogP contribution in [0.1, 0.15) is 5.56 Å². The second kappa shape index (κ2) is 6.47. The molecule has 4 heterocycles. The molecule has 5 aromatic rings. The van der Waals surface area contributed by atoms with Crippen LogP contribution in [0.25, 0.3) is 33.5 Å². The molecule has 1 aromatic carbocycles. The van der Waals surface area contributed by atoms with Gasteiger partial charge < -0.3 is 14.0 Å². The van der Waals surface area contributed by atoms with Gasteiger partial charge in [-0.15, -0.1) is 0 Å². The van der Waals surface area contributed by atoms with E-state index < -0.39 is 0 Å². The first-order chi connectivity index (χ1) is 13.6. The summed E-state index contributed by atoms with van der Waals surface area (Å²) in [5.41, 5.74) is 3.55. The highest BCUT2D eigenvalue weighted by Crippen LogP contribution is 2.26. The summed E-state index contributed by atoms with van der Waals surface area (Å²) in [7, 11) is 0. The number of aromatic amines is 1. The highest BCUT2D eigenvalue weighted by atomic mass is 35.5. The smallest absolute Gasteiger partial charge is 0.173 e. The molecule has 0 fully saturated rings. The lowest BCUT2D eigenvalue weighted by Crippen LogP contribution is -2.13. The first kappa shape index (κ1) is 17.0. The third kappa shape index (κ3) is 2.76. The van der Waals surface area contributed by atoms with Gasteiger partial charge in [0.15, 0.2) is 11.1 Å². The molecule has 0 radical (unpaired) electrons. The van der Waals surface area contributed by atoms with Crippen LogP contribution < -0.4 is 5.49 Å². The number of rotatable bonds is 3. The maximum absolute atomic E-state index is 8.13. The van der Waals surface area contributed by atoms with Gasteiger partial charge in [0.2, 0.25) is 0 Å². The minimum Gasteiger partial charge on any atom is -0.464 e. The van der Waals surface area contributed by atoms with E-state index in [1.54, 1.807) is 29.6 Å². The number of halogens is 2. The molecule has 9 heteroatoms. The summed E-state index contributed by atoms with van der Waals surface area (Å²) in [6.07, 6.45) is 6.29. The molecule has 0 aliphatic heterocycles. The molecule has 28 heavy (non-hydrogen) atoms. The lowest BCUT2D eigenvalue weighted by atomic mass is 10.1. The summed E-state index contributed by atoms with van der Waals surface area (Å²) in [5, 5.41) is 10.1. The summed E-state index contributed by atoms with van der Waals surface area (Å²) in [4.78, 5) is 16.0. The van der Waals surface area contributed by atoms with Gasteiger partial charge in [-0.2, -0.15) is 0 Å². The van der Waals surface area contributed by atoms with Crippen LogP contribution in [-0.2, 0) is 6.54 Å². The summed E-state index contributed by atoms with van der Waals surface area (Å²) in [6.45, 7) is 0.353.